The van der Waals surface area contributed by atoms with Crippen LogP contribution in [-0.4, -0.2) is 46.9 Å². The van der Waals surface area contributed by atoms with Crippen molar-refractivity contribution in [3.63, 3.8) is 0 Å². The molecule has 1 fully saturated rings. The van der Waals surface area contributed by atoms with Gasteiger partial charge in [-0.05, 0) is 48.6 Å². The summed E-state index contributed by atoms with van der Waals surface area (Å²) >= 11 is 0. The highest BCUT2D eigenvalue weighted by atomic mass is 16.5. The van der Waals surface area contributed by atoms with Gasteiger partial charge in [0.15, 0.2) is 0 Å². The first-order chi connectivity index (χ1) is 16.5. The third-order valence-corrected chi connectivity index (χ3v) is 7.17. The summed E-state index contributed by atoms with van der Waals surface area (Å²) in [6, 6.07) is 13.8. The average Bonchev–Trinajstić information content (AvgIpc) is 3.24. The summed E-state index contributed by atoms with van der Waals surface area (Å²) in [6.07, 6.45) is 6.79. The minimum atomic E-state index is -0.357. The Morgan fingerprint density at radius 2 is 1.91 bits per heavy atom. The van der Waals surface area contributed by atoms with Gasteiger partial charge in [0.2, 0.25) is 0 Å². The maximum atomic E-state index is 12.7. The number of likely N-dealkylation sites (tertiary alicyclic amines) is 1. The van der Waals surface area contributed by atoms with Gasteiger partial charge in [-0.1, -0.05) is 37.6 Å². The van der Waals surface area contributed by atoms with Crippen molar-refractivity contribution in [2.75, 3.05) is 19.7 Å². The molecule has 2 amide bonds. The molecule has 2 aliphatic heterocycles. The molecule has 5 rings (SSSR count). The van der Waals surface area contributed by atoms with Gasteiger partial charge >= 0.3 is 12.1 Å². The van der Waals surface area contributed by atoms with Crippen molar-refractivity contribution in [1.29, 1.82) is 0 Å². The van der Waals surface area contributed by atoms with Crippen LogP contribution in [0.15, 0.2) is 48.7 Å². The number of unbranched alkanes of at least 4 members (excludes halogenated alkanes) is 1. The Bertz CT molecular complexity index is 1220. The molecule has 2 aromatic carbocycles. The van der Waals surface area contributed by atoms with Crippen molar-refractivity contribution in [3.05, 3.63) is 54.2 Å². The van der Waals surface area contributed by atoms with E-state index >= 15 is 0 Å². The van der Waals surface area contributed by atoms with Crippen LogP contribution in [0, 0.1) is 0 Å². The molecule has 0 bridgehead atoms. The normalized spacial score (nSPS) is 16.8. The molecule has 178 valence electrons. The number of para-hydroxylation sites is 1. The molecule has 1 aromatic heterocycles. The second-order valence-electron chi connectivity index (χ2n) is 9.33. The van der Waals surface area contributed by atoms with E-state index in [4.69, 9.17) is 15.2 Å². The van der Waals surface area contributed by atoms with E-state index in [1.165, 1.54) is 5.56 Å². The van der Waals surface area contributed by atoms with Crippen molar-refractivity contribution in [1.82, 2.24) is 9.47 Å². The summed E-state index contributed by atoms with van der Waals surface area (Å²) in [6.45, 7) is 3.77. The second kappa shape index (κ2) is 9.05. The Balaban J connectivity index is 1.41. The zero-order valence-electron chi connectivity index (χ0n) is 19.6. The molecule has 2 aliphatic rings. The van der Waals surface area contributed by atoms with Crippen LogP contribution in [0.2, 0.25) is 0 Å². The lowest BCUT2D eigenvalue weighted by molar-refractivity contribution is -0.00471. The Labute approximate surface area is 199 Å². The maximum Gasteiger partial charge on any atom is 0.418 e. The number of aryl methyl sites for hydroxylation is 1. The molecule has 0 saturated carbocycles. The predicted molar refractivity (Wildman–Crippen MR) is 131 cm³/mol. The summed E-state index contributed by atoms with van der Waals surface area (Å²) in [4.78, 5) is 25.9. The van der Waals surface area contributed by atoms with Gasteiger partial charge < -0.3 is 20.1 Å². The van der Waals surface area contributed by atoms with E-state index < -0.39 is 0 Å². The van der Waals surface area contributed by atoms with E-state index in [2.05, 4.69) is 19.1 Å². The molecule has 34 heavy (non-hydrogen) atoms. The third-order valence-electron chi connectivity index (χ3n) is 7.17. The zero-order chi connectivity index (χ0) is 23.7. The summed E-state index contributed by atoms with van der Waals surface area (Å²) < 4.78 is 13.6. The fraction of sp³-hybridized carbons (Fsp3) is 0.407. The lowest BCUT2D eigenvalue weighted by atomic mass is 9.82. The van der Waals surface area contributed by atoms with Crippen molar-refractivity contribution in [2.45, 2.75) is 51.0 Å². The molecule has 7 heteroatoms. The van der Waals surface area contributed by atoms with Gasteiger partial charge in [0.05, 0.1) is 12.1 Å². The van der Waals surface area contributed by atoms with Gasteiger partial charge in [-0.15, -0.1) is 0 Å². The predicted octanol–water partition coefficient (Wildman–Crippen LogP) is 5.33. The smallest absolute Gasteiger partial charge is 0.418 e. The Hall–Kier alpha value is -3.48. The molecule has 7 nitrogen and oxygen atoms in total. The van der Waals surface area contributed by atoms with Gasteiger partial charge in [0.25, 0.3) is 0 Å². The number of benzene rings is 2. The number of hydrogen-bond donors (Lipinski definition) is 1. The highest BCUT2D eigenvalue weighted by Gasteiger charge is 2.40. The molecule has 1 saturated heterocycles. The lowest BCUT2D eigenvalue weighted by Gasteiger charge is -2.44. The van der Waals surface area contributed by atoms with E-state index in [-0.39, 0.29) is 17.7 Å². The number of urea groups is 1. The van der Waals surface area contributed by atoms with Crippen LogP contribution in [-0.2, 0) is 11.2 Å². The summed E-state index contributed by atoms with van der Waals surface area (Å²) in [5.74, 6) is 0.908. The number of piperidine rings is 1. The zero-order valence-corrected chi connectivity index (χ0v) is 19.6. The number of nitrogens with zero attached hydrogens (tertiary/aromatic N) is 2. The molecular weight excluding hydrogens is 430 g/mol. The highest BCUT2D eigenvalue weighted by molar-refractivity contribution is 6.00. The first kappa shape index (κ1) is 22.3. The van der Waals surface area contributed by atoms with Crippen LogP contribution in [0.4, 0.5) is 9.59 Å². The third kappa shape index (κ3) is 4.11. The summed E-state index contributed by atoms with van der Waals surface area (Å²) in [7, 11) is 0. The Morgan fingerprint density at radius 1 is 1.12 bits per heavy atom. The molecule has 0 atom stereocenters. The number of nitrogens with two attached hydrogens (primary N) is 1. The topological polar surface area (TPSA) is 86.8 Å². The van der Waals surface area contributed by atoms with Crippen LogP contribution in [0.5, 0.6) is 5.75 Å². The van der Waals surface area contributed by atoms with E-state index in [0.29, 0.717) is 19.7 Å². The standard InChI is InChI=1S/C27H31N3O4/c1-2-3-16-33-26(32)30-18-22(21-6-4-5-7-23(21)30)19-8-9-24-20(17-19)10-11-27(34-24)12-14-29(15-13-27)25(28)31/h4-9,17-18H,2-3,10-16H2,1H3,(H2,28,31). The van der Waals surface area contributed by atoms with Crippen molar-refractivity contribution in [2.24, 2.45) is 5.73 Å². The molecule has 3 heterocycles. The van der Waals surface area contributed by atoms with Crippen LogP contribution in [0.3, 0.4) is 0 Å². The molecule has 1 spiro atoms. The molecule has 0 unspecified atom stereocenters. The summed E-state index contributed by atoms with van der Waals surface area (Å²) in [5, 5.41) is 1.02. The van der Waals surface area contributed by atoms with Gasteiger partial charge in [-0.2, -0.15) is 0 Å². The first-order valence-electron chi connectivity index (χ1n) is 12.1. The number of rotatable bonds is 4. The van der Waals surface area contributed by atoms with Crippen molar-refractivity contribution in [3.8, 4) is 16.9 Å². The minimum Gasteiger partial charge on any atom is -0.487 e. The minimum absolute atomic E-state index is 0.223. The van der Waals surface area contributed by atoms with E-state index in [0.717, 1.165) is 66.3 Å². The maximum absolute atomic E-state index is 12.7. The number of ether oxygens (including phenoxy) is 2. The monoisotopic (exact) mass is 461 g/mol. The van der Waals surface area contributed by atoms with Gasteiger partial charge in [-0.25, -0.2) is 9.59 Å². The number of amides is 2. The first-order valence-corrected chi connectivity index (χ1v) is 12.1. The van der Waals surface area contributed by atoms with Gasteiger partial charge in [-0.3, -0.25) is 4.57 Å². The largest absolute Gasteiger partial charge is 0.487 e. The number of carbonyl (C=O) groups is 2. The Morgan fingerprint density at radius 3 is 2.68 bits per heavy atom. The van der Waals surface area contributed by atoms with Crippen LogP contribution >= 0.6 is 0 Å². The number of hydrogen-bond acceptors (Lipinski definition) is 4. The number of fused-ring (bicyclic) bond motifs is 2. The molecule has 2 N–H and O–H groups in total. The van der Waals surface area contributed by atoms with E-state index in [1.54, 1.807) is 9.47 Å². The second-order valence-corrected chi connectivity index (χ2v) is 9.33. The SMILES string of the molecule is CCCCOC(=O)n1cc(-c2ccc3c(c2)CCC2(CCN(C(N)=O)CC2)O3)c2ccccc21. The van der Waals surface area contributed by atoms with Crippen molar-refractivity contribution >= 4 is 23.0 Å². The number of aromatic nitrogens is 1. The summed E-state index contributed by atoms with van der Waals surface area (Å²) in [5.41, 5.74) is 9.28. The van der Waals surface area contributed by atoms with Crippen LogP contribution in [0.1, 0.15) is 44.6 Å². The highest BCUT2D eigenvalue weighted by Crippen LogP contribution is 2.41. The van der Waals surface area contributed by atoms with Crippen molar-refractivity contribution < 1.29 is 19.1 Å². The molecule has 3 aromatic rings. The van der Waals surface area contributed by atoms with E-state index in [1.807, 2.05) is 36.5 Å². The van der Waals surface area contributed by atoms with E-state index in [9.17, 15) is 9.59 Å². The molecule has 0 aliphatic carbocycles. The van der Waals surface area contributed by atoms with Gasteiger partial charge in [0, 0.05) is 43.1 Å². The van der Waals surface area contributed by atoms with Gasteiger partial charge in [0.1, 0.15) is 11.4 Å². The average molecular weight is 462 g/mol. The molecular formula is C27H31N3O4. The van der Waals surface area contributed by atoms with Crippen LogP contribution in [0.25, 0.3) is 22.0 Å². The van der Waals surface area contributed by atoms with Crippen LogP contribution < -0.4 is 10.5 Å². The number of carbonyl (C=O) groups excluding carboxylic acids is 2. The number of primary amides is 1. The lowest BCUT2D eigenvalue weighted by Crippen LogP contribution is -2.52. The molecule has 0 radical (unpaired) electrons. The Kier molecular flexibility index (Phi) is 5.94. The fourth-order valence-electron chi connectivity index (χ4n) is 5.11. The fourth-order valence-corrected chi connectivity index (χ4v) is 5.11. The quantitative estimate of drug-likeness (QED) is 0.532.